The van der Waals surface area contributed by atoms with Crippen molar-refractivity contribution in [3.8, 4) is 0 Å². The fraction of sp³-hybridized carbons (Fsp3) is 1.00. The summed E-state index contributed by atoms with van der Waals surface area (Å²) in [5.74, 6) is 0. The molecular formula is C2H6IO3P. The van der Waals surface area contributed by atoms with Gasteiger partial charge in [0.15, 0.2) is 0 Å². The van der Waals surface area contributed by atoms with Crippen LogP contribution in [0.1, 0.15) is 0 Å². The van der Waals surface area contributed by atoms with Crippen LogP contribution in [0.2, 0.25) is 0 Å². The smallest absolute Gasteiger partial charge is 0.305 e. The van der Waals surface area contributed by atoms with E-state index in [9.17, 15) is 4.57 Å². The van der Waals surface area contributed by atoms with Crippen molar-refractivity contribution in [1.29, 1.82) is 0 Å². The van der Waals surface area contributed by atoms with E-state index in [1.54, 1.807) is 22.0 Å². The summed E-state index contributed by atoms with van der Waals surface area (Å²) in [4.78, 5) is 0. The summed E-state index contributed by atoms with van der Waals surface area (Å²) in [5.41, 5.74) is 0. The Hall–Kier alpha value is 0.880. The van der Waals surface area contributed by atoms with Crippen molar-refractivity contribution in [3.05, 3.63) is 0 Å². The number of hydrogen-bond donors (Lipinski definition) is 0. The van der Waals surface area contributed by atoms with Crippen LogP contribution in [0.25, 0.3) is 0 Å². The third kappa shape index (κ3) is 3.46. The molecule has 0 amide bonds. The topological polar surface area (TPSA) is 35.5 Å². The molecular weight excluding hydrogens is 230 g/mol. The summed E-state index contributed by atoms with van der Waals surface area (Å²) in [6, 6.07) is 0. The van der Waals surface area contributed by atoms with E-state index in [1.165, 1.54) is 14.2 Å². The molecule has 44 valence electrons. The molecule has 3 nitrogen and oxygen atoms in total. The van der Waals surface area contributed by atoms with E-state index in [2.05, 4.69) is 9.05 Å². The van der Waals surface area contributed by atoms with Gasteiger partial charge in [0.1, 0.15) is 0 Å². The van der Waals surface area contributed by atoms with Crippen LogP contribution in [0, 0.1) is 0 Å². The molecule has 0 aromatic heterocycles. The Morgan fingerprint density at radius 2 is 1.71 bits per heavy atom. The first kappa shape index (κ1) is 7.88. The van der Waals surface area contributed by atoms with Gasteiger partial charge in [-0.1, -0.05) is 0 Å². The molecule has 0 unspecified atom stereocenters. The average molecular weight is 236 g/mol. The molecule has 0 heterocycles. The normalized spacial score (nSPS) is 11.9. The fourth-order valence-corrected chi connectivity index (χ4v) is 0.224. The van der Waals surface area contributed by atoms with Crippen LogP contribution >= 0.6 is 27.3 Å². The Bertz CT molecular complexity index is 84.9. The van der Waals surface area contributed by atoms with Gasteiger partial charge in [0.05, 0.1) is 22.0 Å². The molecule has 0 aromatic carbocycles. The third-order valence-electron chi connectivity index (χ3n) is 0.436. The van der Waals surface area contributed by atoms with Crippen LogP contribution < -0.4 is 0 Å². The van der Waals surface area contributed by atoms with Crippen molar-refractivity contribution in [1.82, 2.24) is 0 Å². The summed E-state index contributed by atoms with van der Waals surface area (Å²) < 4.78 is 19.3. The highest BCUT2D eigenvalue weighted by Crippen LogP contribution is 2.54. The minimum absolute atomic E-state index is 1.34. The molecule has 0 aliphatic heterocycles. The molecule has 0 spiro atoms. The lowest BCUT2D eigenvalue weighted by molar-refractivity contribution is 0.299. The van der Waals surface area contributed by atoms with Crippen molar-refractivity contribution < 1.29 is 13.6 Å². The molecule has 5 heteroatoms. The largest absolute Gasteiger partial charge is 0.388 e. The zero-order chi connectivity index (χ0) is 5.91. The minimum Gasteiger partial charge on any atom is -0.305 e. The molecule has 0 radical (unpaired) electrons. The molecule has 0 atom stereocenters. The van der Waals surface area contributed by atoms with Gasteiger partial charge < -0.3 is 9.05 Å². The van der Waals surface area contributed by atoms with Gasteiger partial charge in [0.25, 0.3) is 0 Å². The molecule has 0 rings (SSSR count). The fourth-order valence-electron chi connectivity index (χ4n) is 0.0745. The first-order valence-corrected chi connectivity index (χ1v) is 5.86. The summed E-state index contributed by atoms with van der Waals surface area (Å²) in [6.45, 7) is 0. The Morgan fingerprint density at radius 1 is 1.43 bits per heavy atom. The van der Waals surface area contributed by atoms with Crippen LogP contribution in [0.5, 0.6) is 0 Å². The number of hydrogen-bond acceptors (Lipinski definition) is 3. The van der Waals surface area contributed by atoms with E-state index in [-0.39, 0.29) is 0 Å². The first-order chi connectivity index (χ1) is 3.12. The van der Waals surface area contributed by atoms with Gasteiger partial charge >= 0.3 is 5.24 Å². The molecule has 0 saturated heterocycles. The molecule has 0 fully saturated rings. The Kier molecular flexibility index (Phi) is 3.40. The highest BCUT2D eigenvalue weighted by atomic mass is 127. The maximum absolute atomic E-state index is 10.5. The van der Waals surface area contributed by atoms with Crippen molar-refractivity contribution in [2.24, 2.45) is 0 Å². The molecule has 0 saturated carbocycles. The van der Waals surface area contributed by atoms with Crippen molar-refractivity contribution in [2.45, 2.75) is 0 Å². The molecule has 0 N–H and O–H groups in total. The first-order valence-electron chi connectivity index (χ1n) is 1.53. The van der Waals surface area contributed by atoms with E-state index in [0.29, 0.717) is 0 Å². The second-order valence-corrected chi connectivity index (χ2v) is 5.93. The van der Waals surface area contributed by atoms with Crippen molar-refractivity contribution in [3.63, 3.8) is 0 Å². The van der Waals surface area contributed by atoms with Crippen LogP contribution in [-0.2, 0) is 13.6 Å². The summed E-state index contributed by atoms with van der Waals surface area (Å²) in [7, 11) is 2.69. The maximum atomic E-state index is 10.5. The zero-order valence-electron chi connectivity index (χ0n) is 4.05. The van der Waals surface area contributed by atoms with E-state index in [4.69, 9.17) is 0 Å². The van der Waals surface area contributed by atoms with Crippen LogP contribution in [0.4, 0.5) is 0 Å². The standard InChI is InChI=1S/C2H6IO3P/c1-5-7(3,4)6-2/h1-2H3. The van der Waals surface area contributed by atoms with E-state index >= 15 is 0 Å². The van der Waals surface area contributed by atoms with Crippen LogP contribution in [0.3, 0.4) is 0 Å². The van der Waals surface area contributed by atoms with Gasteiger partial charge in [-0.05, 0) is 0 Å². The third-order valence-corrected chi connectivity index (χ3v) is 3.67. The van der Waals surface area contributed by atoms with E-state index in [1.807, 2.05) is 0 Å². The van der Waals surface area contributed by atoms with Gasteiger partial charge in [0, 0.05) is 14.2 Å². The molecule has 7 heavy (non-hydrogen) atoms. The second kappa shape index (κ2) is 3.02. The highest BCUT2D eigenvalue weighted by Gasteiger charge is 2.12. The Morgan fingerprint density at radius 3 is 1.71 bits per heavy atom. The van der Waals surface area contributed by atoms with Crippen LogP contribution in [-0.4, -0.2) is 14.2 Å². The summed E-state index contributed by atoms with van der Waals surface area (Å²) >= 11 is 1.61. The Labute approximate surface area is 55.4 Å². The van der Waals surface area contributed by atoms with Crippen molar-refractivity contribution in [2.75, 3.05) is 14.2 Å². The number of halogens is 1. The van der Waals surface area contributed by atoms with Gasteiger partial charge in [0.2, 0.25) is 0 Å². The minimum atomic E-state index is -2.68. The van der Waals surface area contributed by atoms with Gasteiger partial charge in [-0.2, -0.15) is 0 Å². The quantitative estimate of drug-likeness (QED) is 0.541. The average Bonchev–Trinajstić information content (AvgIpc) is 1.68. The van der Waals surface area contributed by atoms with E-state index in [0.717, 1.165) is 0 Å². The van der Waals surface area contributed by atoms with Gasteiger partial charge in [-0.25, -0.2) is 4.57 Å². The molecule has 0 aliphatic carbocycles. The maximum Gasteiger partial charge on any atom is 0.388 e. The lowest BCUT2D eigenvalue weighted by Crippen LogP contribution is -1.75. The predicted molar refractivity (Wildman–Crippen MR) is 35.6 cm³/mol. The summed E-state index contributed by atoms with van der Waals surface area (Å²) in [6.07, 6.45) is 0. The molecule has 0 aliphatic rings. The second-order valence-electron chi connectivity index (χ2n) is 0.796. The lowest BCUT2D eigenvalue weighted by atomic mass is 11.8. The van der Waals surface area contributed by atoms with Gasteiger partial charge in [-0.3, -0.25) is 0 Å². The van der Waals surface area contributed by atoms with E-state index < -0.39 is 5.24 Å². The number of rotatable bonds is 2. The predicted octanol–water partition coefficient (Wildman–Crippen LogP) is 1.82. The SMILES string of the molecule is COP(=O)(I)OC. The van der Waals surface area contributed by atoms with Crippen molar-refractivity contribution >= 4 is 27.3 Å². The molecule has 0 aromatic rings. The van der Waals surface area contributed by atoms with Crippen LogP contribution in [0.15, 0.2) is 0 Å². The molecule has 0 bridgehead atoms. The lowest BCUT2D eigenvalue weighted by Gasteiger charge is -2.01. The highest BCUT2D eigenvalue weighted by molar-refractivity contribution is 14.2. The summed E-state index contributed by atoms with van der Waals surface area (Å²) in [5, 5.41) is -2.68. The Balaban J connectivity index is 3.61. The van der Waals surface area contributed by atoms with Gasteiger partial charge in [-0.15, -0.1) is 0 Å². The monoisotopic (exact) mass is 236 g/mol. The zero-order valence-corrected chi connectivity index (χ0v) is 7.10.